The van der Waals surface area contributed by atoms with Gasteiger partial charge in [-0.3, -0.25) is 4.57 Å². The number of aromatic nitrogens is 3. The molecule has 0 saturated heterocycles. The zero-order valence-corrected chi connectivity index (χ0v) is 17.9. The first-order valence-electron chi connectivity index (χ1n) is 8.62. The molecule has 9 heteroatoms. The van der Waals surface area contributed by atoms with Gasteiger partial charge in [0.15, 0.2) is 11.0 Å². The van der Waals surface area contributed by atoms with Gasteiger partial charge in [0.2, 0.25) is 0 Å². The summed E-state index contributed by atoms with van der Waals surface area (Å²) in [7, 11) is -3.05. The van der Waals surface area contributed by atoms with Crippen molar-refractivity contribution in [2.75, 3.05) is 24.4 Å². The van der Waals surface area contributed by atoms with Crippen molar-refractivity contribution in [1.82, 2.24) is 14.8 Å². The Balaban J connectivity index is 2.00. The van der Waals surface area contributed by atoms with Crippen LogP contribution >= 0.6 is 23.4 Å². The van der Waals surface area contributed by atoms with Crippen LogP contribution in [0, 0.1) is 0 Å². The first-order valence-corrected chi connectivity index (χ1v) is 12.0. The molecule has 28 heavy (non-hydrogen) atoms. The van der Waals surface area contributed by atoms with Crippen molar-refractivity contribution in [3.05, 3.63) is 53.6 Å². The summed E-state index contributed by atoms with van der Waals surface area (Å²) in [4.78, 5) is 0. The highest BCUT2D eigenvalue weighted by molar-refractivity contribution is 8.00. The van der Waals surface area contributed by atoms with E-state index >= 15 is 0 Å². The van der Waals surface area contributed by atoms with Gasteiger partial charge in [-0.05, 0) is 43.3 Å². The van der Waals surface area contributed by atoms with Gasteiger partial charge in [-0.25, -0.2) is 8.42 Å². The molecular weight excluding hydrogens is 418 g/mol. The van der Waals surface area contributed by atoms with Crippen LogP contribution < -0.4 is 4.74 Å². The number of sulfone groups is 1. The fraction of sp³-hybridized carbons (Fsp3) is 0.263. The van der Waals surface area contributed by atoms with Crippen LogP contribution in [0.3, 0.4) is 0 Å². The Hall–Kier alpha value is -2.03. The van der Waals surface area contributed by atoms with E-state index in [0.717, 1.165) is 17.0 Å². The third-order valence-electron chi connectivity index (χ3n) is 3.81. The molecule has 0 N–H and O–H groups in total. The number of rotatable bonds is 8. The Labute approximate surface area is 173 Å². The second-order valence-electron chi connectivity index (χ2n) is 6.06. The van der Waals surface area contributed by atoms with Crippen molar-refractivity contribution in [3.8, 4) is 22.8 Å². The van der Waals surface area contributed by atoms with E-state index in [0.29, 0.717) is 28.4 Å². The van der Waals surface area contributed by atoms with Gasteiger partial charge in [-0.1, -0.05) is 35.5 Å². The first-order chi connectivity index (χ1) is 13.4. The average molecular weight is 438 g/mol. The van der Waals surface area contributed by atoms with Gasteiger partial charge in [0.1, 0.15) is 15.6 Å². The van der Waals surface area contributed by atoms with E-state index in [2.05, 4.69) is 10.2 Å². The molecule has 0 unspecified atom stereocenters. The zero-order chi connectivity index (χ0) is 20.1. The summed E-state index contributed by atoms with van der Waals surface area (Å²) >= 11 is 7.49. The molecule has 1 aromatic heterocycles. The lowest BCUT2D eigenvalue weighted by atomic mass is 10.2. The van der Waals surface area contributed by atoms with Gasteiger partial charge in [0.05, 0.1) is 12.4 Å². The number of hydrogen-bond donors (Lipinski definition) is 0. The molecule has 0 radical (unpaired) electrons. The lowest BCUT2D eigenvalue weighted by Gasteiger charge is -2.11. The van der Waals surface area contributed by atoms with E-state index in [1.807, 2.05) is 54.0 Å². The van der Waals surface area contributed by atoms with Gasteiger partial charge in [0.25, 0.3) is 0 Å². The topological polar surface area (TPSA) is 74.1 Å². The van der Waals surface area contributed by atoms with E-state index in [1.54, 1.807) is 6.07 Å². The monoisotopic (exact) mass is 437 g/mol. The van der Waals surface area contributed by atoms with Crippen LogP contribution in [0.5, 0.6) is 5.75 Å². The molecule has 0 aliphatic heterocycles. The molecular formula is C19H20ClN3O3S2. The molecule has 3 rings (SSSR count). The van der Waals surface area contributed by atoms with Crippen molar-refractivity contribution in [1.29, 1.82) is 0 Å². The van der Waals surface area contributed by atoms with Gasteiger partial charge in [-0.2, -0.15) is 0 Å². The number of nitrogens with zero attached hydrogens (tertiary/aromatic N) is 3. The van der Waals surface area contributed by atoms with Crippen LogP contribution in [0.25, 0.3) is 17.1 Å². The van der Waals surface area contributed by atoms with Gasteiger partial charge in [-0.15, -0.1) is 10.2 Å². The summed E-state index contributed by atoms with van der Waals surface area (Å²) in [5.41, 5.74) is 1.68. The van der Waals surface area contributed by atoms with E-state index in [4.69, 9.17) is 16.3 Å². The summed E-state index contributed by atoms with van der Waals surface area (Å²) in [6.45, 7) is 2.52. The van der Waals surface area contributed by atoms with Gasteiger partial charge >= 0.3 is 0 Å². The van der Waals surface area contributed by atoms with Crippen molar-refractivity contribution >= 4 is 33.2 Å². The first kappa shape index (κ1) is 20.7. The van der Waals surface area contributed by atoms with Crippen molar-refractivity contribution < 1.29 is 13.2 Å². The highest BCUT2D eigenvalue weighted by Gasteiger charge is 2.17. The van der Waals surface area contributed by atoms with E-state index < -0.39 is 9.84 Å². The Bertz CT molecular complexity index is 1050. The van der Waals surface area contributed by atoms with Crippen LogP contribution in [-0.4, -0.2) is 47.6 Å². The lowest BCUT2D eigenvalue weighted by Crippen LogP contribution is -2.06. The molecule has 0 fully saturated rings. The summed E-state index contributed by atoms with van der Waals surface area (Å²) < 4.78 is 30.3. The van der Waals surface area contributed by atoms with Crippen LogP contribution in [-0.2, 0) is 9.84 Å². The maximum absolute atomic E-state index is 11.5. The van der Waals surface area contributed by atoms with Crippen LogP contribution in [0.15, 0.2) is 53.7 Å². The van der Waals surface area contributed by atoms with Crippen molar-refractivity contribution in [3.63, 3.8) is 0 Å². The SMILES string of the molecule is CCOc1ccc(-n2c(SCCS(C)(=O)=O)nnc2-c2cccc(Cl)c2)cc1. The number of ether oxygens (including phenoxy) is 1. The smallest absolute Gasteiger partial charge is 0.196 e. The molecule has 0 amide bonds. The highest BCUT2D eigenvalue weighted by atomic mass is 35.5. The Morgan fingerprint density at radius 1 is 1.14 bits per heavy atom. The summed E-state index contributed by atoms with van der Waals surface area (Å²) in [6, 6.07) is 15.0. The predicted molar refractivity (Wildman–Crippen MR) is 113 cm³/mol. The minimum atomic E-state index is -3.05. The van der Waals surface area contributed by atoms with E-state index in [-0.39, 0.29) is 5.75 Å². The fourth-order valence-electron chi connectivity index (χ4n) is 2.55. The maximum atomic E-state index is 11.5. The molecule has 1 heterocycles. The molecule has 148 valence electrons. The fourth-order valence-corrected chi connectivity index (χ4v) is 4.89. The van der Waals surface area contributed by atoms with E-state index in [1.165, 1.54) is 18.0 Å². The molecule has 0 spiro atoms. The van der Waals surface area contributed by atoms with Crippen LogP contribution in [0.2, 0.25) is 5.02 Å². The second-order valence-corrected chi connectivity index (χ2v) is 9.82. The molecule has 3 aromatic rings. The normalized spacial score (nSPS) is 11.5. The Morgan fingerprint density at radius 3 is 2.54 bits per heavy atom. The number of benzene rings is 2. The number of hydrogen-bond acceptors (Lipinski definition) is 6. The molecule has 0 aliphatic rings. The summed E-state index contributed by atoms with van der Waals surface area (Å²) in [5, 5.41) is 9.83. The van der Waals surface area contributed by atoms with Crippen LogP contribution in [0.1, 0.15) is 6.92 Å². The molecule has 0 atom stereocenters. The molecule has 2 aromatic carbocycles. The summed E-state index contributed by atoms with van der Waals surface area (Å²) in [5.74, 6) is 1.87. The Kier molecular flexibility index (Phi) is 6.64. The zero-order valence-electron chi connectivity index (χ0n) is 15.5. The maximum Gasteiger partial charge on any atom is 0.196 e. The van der Waals surface area contributed by atoms with Crippen LogP contribution in [0.4, 0.5) is 0 Å². The third kappa shape index (κ3) is 5.27. The molecule has 0 aliphatic carbocycles. The third-order valence-corrected chi connectivity index (χ3v) is 6.18. The largest absolute Gasteiger partial charge is 0.494 e. The lowest BCUT2D eigenvalue weighted by molar-refractivity contribution is 0.340. The van der Waals surface area contributed by atoms with Crippen molar-refractivity contribution in [2.24, 2.45) is 0 Å². The van der Waals surface area contributed by atoms with Gasteiger partial charge in [0, 0.05) is 28.3 Å². The van der Waals surface area contributed by atoms with Gasteiger partial charge < -0.3 is 4.74 Å². The summed E-state index contributed by atoms with van der Waals surface area (Å²) in [6.07, 6.45) is 1.22. The predicted octanol–water partition coefficient (Wildman–Crippen LogP) is 4.12. The number of halogens is 1. The minimum Gasteiger partial charge on any atom is -0.494 e. The minimum absolute atomic E-state index is 0.0697. The quantitative estimate of drug-likeness (QED) is 0.493. The highest BCUT2D eigenvalue weighted by Crippen LogP contribution is 2.30. The molecule has 0 saturated carbocycles. The second kappa shape index (κ2) is 8.98. The standard InChI is InChI=1S/C19H20ClN3O3S2/c1-3-26-17-9-7-16(8-10-17)23-18(14-5-4-6-15(20)13-14)21-22-19(23)27-11-12-28(2,24)25/h4-10,13H,3,11-12H2,1-2H3. The molecule has 6 nitrogen and oxygen atoms in total. The number of thioether (sulfide) groups is 1. The van der Waals surface area contributed by atoms with Crippen molar-refractivity contribution in [2.45, 2.75) is 12.1 Å². The van der Waals surface area contributed by atoms with E-state index in [9.17, 15) is 8.42 Å². The Morgan fingerprint density at radius 2 is 1.89 bits per heavy atom. The molecule has 0 bridgehead atoms. The average Bonchev–Trinajstić information content (AvgIpc) is 3.05.